The fraction of sp³-hybridized carbons (Fsp3) is 0.400. The summed E-state index contributed by atoms with van der Waals surface area (Å²) in [6, 6.07) is 4.72. The number of nitrogens with one attached hydrogen (secondary N) is 2. The van der Waals surface area contributed by atoms with E-state index in [1.54, 1.807) is 18.2 Å². The van der Waals surface area contributed by atoms with Gasteiger partial charge in [-0.15, -0.1) is 0 Å². The van der Waals surface area contributed by atoms with E-state index in [1.807, 2.05) is 0 Å². The van der Waals surface area contributed by atoms with Crippen LogP contribution in [0, 0.1) is 0 Å². The molecule has 20 heavy (non-hydrogen) atoms. The molecule has 5 heteroatoms. The van der Waals surface area contributed by atoms with Crippen LogP contribution < -0.4 is 10.6 Å². The molecule has 0 saturated carbocycles. The maximum absolute atomic E-state index is 11.7. The molecule has 0 unspecified atom stereocenters. The zero-order valence-electron chi connectivity index (χ0n) is 11.2. The Labute approximate surface area is 129 Å². The van der Waals surface area contributed by atoms with Crippen molar-refractivity contribution in [2.45, 2.75) is 32.1 Å². The van der Waals surface area contributed by atoms with Gasteiger partial charge in [0.1, 0.15) is 0 Å². The van der Waals surface area contributed by atoms with Crippen molar-refractivity contribution in [3.63, 3.8) is 0 Å². The van der Waals surface area contributed by atoms with E-state index >= 15 is 0 Å². The van der Waals surface area contributed by atoms with Crippen molar-refractivity contribution in [2.75, 3.05) is 11.9 Å². The molecule has 0 spiro atoms. The molecule has 2 amide bonds. The van der Waals surface area contributed by atoms with Gasteiger partial charge >= 0.3 is 6.03 Å². The third-order valence-electron chi connectivity index (χ3n) is 3.24. The fourth-order valence-electron chi connectivity index (χ4n) is 2.27. The van der Waals surface area contributed by atoms with Crippen molar-refractivity contribution in [1.82, 2.24) is 5.32 Å². The molecule has 0 radical (unpaired) electrons. The second-order valence-electron chi connectivity index (χ2n) is 4.90. The molecular weight excluding hydrogens is 295 g/mol. The second kappa shape index (κ2) is 7.55. The summed E-state index contributed by atoms with van der Waals surface area (Å²) in [6.07, 6.45) is 8.09. The van der Waals surface area contributed by atoms with Gasteiger partial charge in [-0.05, 0) is 50.3 Å². The van der Waals surface area contributed by atoms with Crippen LogP contribution in [0.2, 0.25) is 10.0 Å². The Morgan fingerprint density at radius 1 is 1.15 bits per heavy atom. The van der Waals surface area contributed by atoms with E-state index < -0.39 is 0 Å². The van der Waals surface area contributed by atoms with Gasteiger partial charge in [0.05, 0.1) is 0 Å². The highest BCUT2D eigenvalue weighted by Crippen LogP contribution is 2.22. The normalized spacial score (nSPS) is 14.6. The van der Waals surface area contributed by atoms with Crippen molar-refractivity contribution in [3.05, 3.63) is 39.9 Å². The maximum atomic E-state index is 11.7. The second-order valence-corrected chi connectivity index (χ2v) is 5.77. The summed E-state index contributed by atoms with van der Waals surface area (Å²) < 4.78 is 0. The summed E-state index contributed by atoms with van der Waals surface area (Å²) in [5.74, 6) is 0. The predicted molar refractivity (Wildman–Crippen MR) is 84.7 cm³/mol. The standard InChI is InChI=1S/C15H18Cl2N2O/c16-12-8-13(17)10-14(9-12)19-15(20)18-7-6-11-4-2-1-3-5-11/h4,8-10H,1-3,5-7H2,(H2,18,19,20). The number of urea groups is 1. The summed E-state index contributed by atoms with van der Waals surface area (Å²) in [4.78, 5) is 11.7. The van der Waals surface area contributed by atoms with E-state index in [4.69, 9.17) is 23.2 Å². The van der Waals surface area contributed by atoms with Crippen LogP contribution in [-0.2, 0) is 0 Å². The van der Waals surface area contributed by atoms with Crippen LogP contribution >= 0.6 is 23.2 Å². The molecule has 3 nitrogen and oxygen atoms in total. The van der Waals surface area contributed by atoms with Crippen molar-refractivity contribution >= 4 is 34.9 Å². The van der Waals surface area contributed by atoms with E-state index in [2.05, 4.69) is 16.7 Å². The summed E-state index contributed by atoms with van der Waals surface area (Å²) in [5.41, 5.74) is 2.04. The molecule has 108 valence electrons. The van der Waals surface area contributed by atoms with Gasteiger partial charge in [-0.25, -0.2) is 4.79 Å². The van der Waals surface area contributed by atoms with Crippen LogP contribution in [0.25, 0.3) is 0 Å². The highest BCUT2D eigenvalue weighted by atomic mass is 35.5. The number of carbonyl (C=O) groups excluding carboxylic acids is 1. The first-order chi connectivity index (χ1) is 9.63. The minimum atomic E-state index is -0.236. The van der Waals surface area contributed by atoms with Gasteiger partial charge in [0, 0.05) is 22.3 Å². The number of amides is 2. The van der Waals surface area contributed by atoms with Crippen LogP contribution in [0.5, 0.6) is 0 Å². The van der Waals surface area contributed by atoms with Gasteiger partial charge in [-0.2, -0.15) is 0 Å². The molecule has 2 rings (SSSR count). The lowest BCUT2D eigenvalue weighted by atomic mass is 9.97. The number of halogens is 2. The molecule has 0 atom stereocenters. The summed E-state index contributed by atoms with van der Waals surface area (Å²) >= 11 is 11.8. The largest absolute Gasteiger partial charge is 0.338 e. The number of rotatable bonds is 4. The number of hydrogen-bond acceptors (Lipinski definition) is 1. The third-order valence-corrected chi connectivity index (χ3v) is 3.67. The Morgan fingerprint density at radius 2 is 1.90 bits per heavy atom. The van der Waals surface area contributed by atoms with Crippen molar-refractivity contribution in [3.8, 4) is 0 Å². The highest BCUT2D eigenvalue weighted by molar-refractivity contribution is 6.35. The molecule has 2 N–H and O–H groups in total. The molecule has 0 aliphatic heterocycles. The Balaban J connectivity index is 1.76. The van der Waals surface area contributed by atoms with Gasteiger partial charge in [-0.3, -0.25) is 0 Å². The molecule has 1 aromatic carbocycles. The number of carbonyl (C=O) groups is 1. The van der Waals surface area contributed by atoms with Gasteiger partial charge in [0.25, 0.3) is 0 Å². The molecule has 0 bridgehead atoms. The molecule has 1 aliphatic carbocycles. The van der Waals surface area contributed by atoms with E-state index in [0.717, 1.165) is 12.8 Å². The van der Waals surface area contributed by atoms with Crippen molar-refractivity contribution in [2.24, 2.45) is 0 Å². The zero-order valence-corrected chi connectivity index (χ0v) is 12.7. The molecule has 1 aromatic rings. The number of hydrogen-bond donors (Lipinski definition) is 2. The van der Waals surface area contributed by atoms with Crippen molar-refractivity contribution in [1.29, 1.82) is 0 Å². The average molecular weight is 313 g/mol. The Bertz CT molecular complexity index is 494. The van der Waals surface area contributed by atoms with Crippen LogP contribution in [-0.4, -0.2) is 12.6 Å². The van der Waals surface area contributed by atoms with E-state index in [9.17, 15) is 4.79 Å². The minimum absolute atomic E-state index is 0.236. The number of allylic oxidation sites excluding steroid dienone is 1. The smallest absolute Gasteiger partial charge is 0.319 e. The molecule has 0 fully saturated rings. The topological polar surface area (TPSA) is 41.1 Å². The van der Waals surface area contributed by atoms with Gasteiger partial charge < -0.3 is 10.6 Å². The first-order valence-electron chi connectivity index (χ1n) is 6.82. The van der Waals surface area contributed by atoms with E-state index in [1.165, 1.54) is 24.8 Å². The summed E-state index contributed by atoms with van der Waals surface area (Å²) in [5, 5.41) is 6.56. The predicted octanol–water partition coefficient (Wildman–Crippen LogP) is 5.01. The maximum Gasteiger partial charge on any atom is 0.319 e. The van der Waals surface area contributed by atoms with E-state index in [0.29, 0.717) is 22.3 Å². The fourth-order valence-corrected chi connectivity index (χ4v) is 2.80. The van der Waals surface area contributed by atoms with Gasteiger partial charge in [0.2, 0.25) is 0 Å². The first kappa shape index (κ1) is 15.2. The third kappa shape index (κ3) is 5.06. The van der Waals surface area contributed by atoms with Crippen LogP contribution in [0.4, 0.5) is 10.5 Å². The first-order valence-corrected chi connectivity index (χ1v) is 7.58. The van der Waals surface area contributed by atoms with E-state index in [-0.39, 0.29) is 6.03 Å². The van der Waals surface area contributed by atoms with Crippen LogP contribution in [0.1, 0.15) is 32.1 Å². The lowest BCUT2D eigenvalue weighted by molar-refractivity contribution is 0.252. The quantitative estimate of drug-likeness (QED) is 0.754. The number of benzene rings is 1. The molecule has 0 saturated heterocycles. The molecule has 1 aliphatic rings. The Hall–Kier alpha value is -1.19. The zero-order chi connectivity index (χ0) is 14.4. The van der Waals surface area contributed by atoms with Gasteiger partial charge in [-0.1, -0.05) is 34.9 Å². The summed E-state index contributed by atoms with van der Waals surface area (Å²) in [6.45, 7) is 0.645. The number of anilines is 1. The lowest BCUT2D eigenvalue weighted by Crippen LogP contribution is -2.29. The SMILES string of the molecule is O=C(NCCC1=CCCCC1)Nc1cc(Cl)cc(Cl)c1. The lowest BCUT2D eigenvalue weighted by Gasteiger charge is -2.13. The van der Waals surface area contributed by atoms with Gasteiger partial charge in [0.15, 0.2) is 0 Å². The van der Waals surface area contributed by atoms with Crippen LogP contribution in [0.3, 0.4) is 0 Å². The molecule has 0 heterocycles. The molecule has 0 aromatic heterocycles. The average Bonchev–Trinajstić information content (AvgIpc) is 2.38. The minimum Gasteiger partial charge on any atom is -0.338 e. The highest BCUT2D eigenvalue weighted by Gasteiger charge is 2.06. The Morgan fingerprint density at radius 3 is 2.55 bits per heavy atom. The monoisotopic (exact) mass is 312 g/mol. The van der Waals surface area contributed by atoms with Crippen LogP contribution in [0.15, 0.2) is 29.8 Å². The summed E-state index contributed by atoms with van der Waals surface area (Å²) in [7, 11) is 0. The Kier molecular flexibility index (Phi) is 5.74. The molecular formula is C15H18Cl2N2O. The van der Waals surface area contributed by atoms with Crippen molar-refractivity contribution < 1.29 is 4.79 Å².